The van der Waals surface area contributed by atoms with Gasteiger partial charge in [-0.15, -0.1) is 11.3 Å². The maximum absolute atomic E-state index is 11.7. The van der Waals surface area contributed by atoms with Crippen LogP contribution in [-0.4, -0.2) is 61.7 Å². The molecule has 2 heterocycles. The van der Waals surface area contributed by atoms with E-state index in [9.17, 15) is 4.79 Å². The molecule has 0 bridgehead atoms. The molecule has 0 spiro atoms. The molecule has 1 aliphatic rings. The van der Waals surface area contributed by atoms with Crippen molar-refractivity contribution in [3.8, 4) is 0 Å². The van der Waals surface area contributed by atoms with Crippen molar-refractivity contribution in [2.45, 2.75) is 20.4 Å². The van der Waals surface area contributed by atoms with E-state index in [0.717, 1.165) is 25.6 Å². The van der Waals surface area contributed by atoms with Gasteiger partial charge in [-0.3, -0.25) is 4.99 Å². The fraction of sp³-hybridized carbons (Fsp3) is 0.600. The first kappa shape index (κ1) is 16.6. The summed E-state index contributed by atoms with van der Waals surface area (Å²) >= 11 is 1.79. The standard InChI is InChI=1S/C15H24N4O2S/c1-4-21-15(20)19-9-7-18(8-10-19)14(16-3)17-11-13-6-5-12(2)22-13/h5-6H,4,7-11H2,1-3H3,(H,16,17). The number of carbonyl (C=O) groups is 1. The minimum Gasteiger partial charge on any atom is -0.450 e. The molecule has 7 heteroatoms. The summed E-state index contributed by atoms with van der Waals surface area (Å²) in [7, 11) is 1.79. The van der Waals surface area contributed by atoms with Gasteiger partial charge >= 0.3 is 6.09 Å². The Kier molecular flexibility index (Phi) is 6.06. The van der Waals surface area contributed by atoms with Crippen LogP contribution in [0.1, 0.15) is 16.7 Å². The van der Waals surface area contributed by atoms with Gasteiger partial charge in [-0.2, -0.15) is 0 Å². The Labute approximate surface area is 135 Å². The molecule has 0 aromatic carbocycles. The lowest BCUT2D eigenvalue weighted by atomic mass is 10.3. The fourth-order valence-corrected chi connectivity index (χ4v) is 3.22. The number of ether oxygens (including phenoxy) is 1. The minimum absolute atomic E-state index is 0.223. The molecule has 0 atom stereocenters. The van der Waals surface area contributed by atoms with Gasteiger partial charge in [-0.05, 0) is 26.0 Å². The first-order valence-electron chi connectivity index (χ1n) is 7.56. The molecule has 1 aliphatic heterocycles. The Morgan fingerprint density at radius 1 is 1.32 bits per heavy atom. The lowest BCUT2D eigenvalue weighted by molar-refractivity contribution is 0.0914. The Bertz CT molecular complexity index is 521. The fourth-order valence-electron chi connectivity index (χ4n) is 2.39. The van der Waals surface area contributed by atoms with Crippen LogP contribution in [0.15, 0.2) is 17.1 Å². The number of hydrogen-bond acceptors (Lipinski definition) is 4. The first-order valence-corrected chi connectivity index (χ1v) is 8.38. The van der Waals surface area contributed by atoms with Crippen molar-refractivity contribution in [1.29, 1.82) is 0 Å². The molecule has 1 aromatic rings. The first-order chi connectivity index (χ1) is 10.6. The average Bonchev–Trinajstić information content (AvgIpc) is 2.94. The average molecular weight is 324 g/mol. The topological polar surface area (TPSA) is 57.2 Å². The summed E-state index contributed by atoms with van der Waals surface area (Å²) in [5, 5.41) is 3.39. The van der Waals surface area contributed by atoms with E-state index in [4.69, 9.17) is 4.74 Å². The molecule has 22 heavy (non-hydrogen) atoms. The van der Waals surface area contributed by atoms with Crippen LogP contribution in [0.5, 0.6) is 0 Å². The van der Waals surface area contributed by atoms with Gasteiger partial charge < -0.3 is 19.9 Å². The third-order valence-corrected chi connectivity index (χ3v) is 4.53. The van der Waals surface area contributed by atoms with Crippen molar-refractivity contribution in [3.63, 3.8) is 0 Å². The molecule has 1 fully saturated rings. The Balaban J connectivity index is 1.82. The summed E-state index contributed by atoms with van der Waals surface area (Å²) < 4.78 is 5.04. The molecular weight excluding hydrogens is 300 g/mol. The zero-order chi connectivity index (χ0) is 15.9. The molecule has 0 radical (unpaired) electrons. The number of nitrogens with zero attached hydrogens (tertiary/aromatic N) is 3. The number of rotatable bonds is 3. The van der Waals surface area contributed by atoms with Crippen molar-refractivity contribution < 1.29 is 9.53 Å². The molecule has 1 saturated heterocycles. The highest BCUT2D eigenvalue weighted by Crippen LogP contribution is 2.14. The molecule has 6 nitrogen and oxygen atoms in total. The summed E-state index contributed by atoms with van der Waals surface area (Å²) in [5.41, 5.74) is 0. The number of aryl methyl sites for hydroxylation is 1. The Morgan fingerprint density at radius 2 is 2.00 bits per heavy atom. The highest BCUT2D eigenvalue weighted by Gasteiger charge is 2.23. The third-order valence-electron chi connectivity index (χ3n) is 3.53. The number of thiophene rings is 1. The molecule has 122 valence electrons. The molecular formula is C15H24N4O2S. The maximum atomic E-state index is 11.7. The number of amides is 1. The van der Waals surface area contributed by atoms with Crippen molar-refractivity contribution in [2.75, 3.05) is 39.8 Å². The summed E-state index contributed by atoms with van der Waals surface area (Å²) in [5.74, 6) is 0.884. The van der Waals surface area contributed by atoms with Gasteiger partial charge in [0.1, 0.15) is 0 Å². The zero-order valence-corrected chi connectivity index (χ0v) is 14.3. The number of nitrogens with one attached hydrogen (secondary N) is 1. The van der Waals surface area contributed by atoms with Gasteiger partial charge in [0.05, 0.1) is 13.2 Å². The quantitative estimate of drug-likeness (QED) is 0.681. The van der Waals surface area contributed by atoms with Crippen LogP contribution in [0.3, 0.4) is 0 Å². The number of guanidine groups is 1. The monoisotopic (exact) mass is 324 g/mol. The minimum atomic E-state index is -0.223. The van der Waals surface area contributed by atoms with Crippen molar-refractivity contribution in [1.82, 2.24) is 15.1 Å². The predicted molar refractivity (Wildman–Crippen MR) is 89.4 cm³/mol. The van der Waals surface area contributed by atoms with E-state index in [0.29, 0.717) is 19.7 Å². The lowest BCUT2D eigenvalue weighted by Crippen LogP contribution is -2.53. The molecule has 1 N–H and O–H groups in total. The Morgan fingerprint density at radius 3 is 2.55 bits per heavy atom. The molecule has 1 amide bonds. The smallest absolute Gasteiger partial charge is 0.409 e. The van der Waals surface area contributed by atoms with Crippen LogP contribution in [0.25, 0.3) is 0 Å². The van der Waals surface area contributed by atoms with Crippen molar-refractivity contribution in [3.05, 3.63) is 21.9 Å². The van der Waals surface area contributed by atoms with Gasteiger partial charge in [0.2, 0.25) is 0 Å². The lowest BCUT2D eigenvalue weighted by Gasteiger charge is -2.35. The van der Waals surface area contributed by atoms with Crippen LogP contribution in [0.4, 0.5) is 4.79 Å². The summed E-state index contributed by atoms with van der Waals surface area (Å²) in [6, 6.07) is 4.27. The molecule has 0 aliphatic carbocycles. The number of carbonyl (C=O) groups excluding carboxylic acids is 1. The van der Waals surface area contributed by atoms with Crippen LogP contribution < -0.4 is 5.32 Å². The van der Waals surface area contributed by atoms with E-state index >= 15 is 0 Å². The van der Waals surface area contributed by atoms with Crippen LogP contribution >= 0.6 is 11.3 Å². The molecule has 0 saturated carbocycles. The van der Waals surface area contributed by atoms with Crippen molar-refractivity contribution in [2.24, 2.45) is 4.99 Å². The van der Waals surface area contributed by atoms with Crippen LogP contribution in [-0.2, 0) is 11.3 Å². The van der Waals surface area contributed by atoms with E-state index < -0.39 is 0 Å². The molecule has 1 aromatic heterocycles. The predicted octanol–water partition coefficient (Wildman–Crippen LogP) is 1.91. The van der Waals surface area contributed by atoms with E-state index in [2.05, 4.69) is 34.3 Å². The van der Waals surface area contributed by atoms with Gasteiger partial charge in [0.25, 0.3) is 0 Å². The van der Waals surface area contributed by atoms with Crippen molar-refractivity contribution >= 4 is 23.4 Å². The van der Waals surface area contributed by atoms with Gasteiger partial charge in [0.15, 0.2) is 5.96 Å². The van der Waals surface area contributed by atoms with E-state index in [1.807, 2.05) is 6.92 Å². The highest BCUT2D eigenvalue weighted by atomic mass is 32.1. The third kappa shape index (κ3) is 4.37. The van der Waals surface area contributed by atoms with E-state index in [1.54, 1.807) is 23.3 Å². The van der Waals surface area contributed by atoms with E-state index in [-0.39, 0.29) is 6.09 Å². The van der Waals surface area contributed by atoms with Gasteiger partial charge in [-0.1, -0.05) is 0 Å². The zero-order valence-electron chi connectivity index (χ0n) is 13.5. The number of piperazine rings is 1. The SMILES string of the molecule is CCOC(=O)N1CCN(C(=NC)NCc2ccc(C)s2)CC1. The largest absolute Gasteiger partial charge is 0.450 e. The number of hydrogen-bond donors (Lipinski definition) is 1. The van der Waals surface area contributed by atoms with Crippen LogP contribution in [0, 0.1) is 6.92 Å². The number of aliphatic imine (C=N–C) groups is 1. The summed E-state index contributed by atoms with van der Waals surface area (Å²) in [6.07, 6.45) is -0.223. The van der Waals surface area contributed by atoms with Crippen LogP contribution in [0.2, 0.25) is 0 Å². The van der Waals surface area contributed by atoms with Gasteiger partial charge in [-0.25, -0.2) is 4.79 Å². The highest BCUT2D eigenvalue weighted by molar-refractivity contribution is 7.11. The Hall–Kier alpha value is -1.76. The van der Waals surface area contributed by atoms with Gasteiger partial charge in [0, 0.05) is 43.0 Å². The summed E-state index contributed by atoms with van der Waals surface area (Å²) in [6.45, 7) is 7.99. The van der Waals surface area contributed by atoms with E-state index in [1.165, 1.54) is 9.75 Å². The molecule has 0 unspecified atom stereocenters. The second kappa shape index (κ2) is 8.03. The second-order valence-corrected chi connectivity index (χ2v) is 6.46. The summed E-state index contributed by atoms with van der Waals surface area (Å²) in [4.78, 5) is 22.6. The normalized spacial score (nSPS) is 15.9. The molecule has 2 rings (SSSR count). The maximum Gasteiger partial charge on any atom is 0.409 e. The second-order valence-electron chi connectivity index (χ2n) is 5.09.